The van der Waals surface area contributed by atoms with Crippen LogP contribution in [0, 0.1) is 20.8 Å². The molecule has 0 bridgehead atoms. The fraction of sp³-hybridized carbons (Fsp3) is 0.250. The molecule has 2 aromatic heterocycles. The van der Waals surface area contributed by atoms with Gasteiger partial charge in [-0.3, -0.25) is 9.59 Å². The maximum atomic E-state index is 13.2. The predicted molar refractivity (Wildman–Crippen MR) is 121 cm³/mol. The van der Waals surface area contributed by atoms with Crippen molar-refractivity contribution in [3.05, 3.63) is 43.7 Å². The summed E-state index contributed by atoms with van der Waals surface area (Å²) in [4.78, 5) is 25.7. The second-order valence-corrected chi connectivity index (χ2v) is 10.5. The van der Waals surface area contributed by atoms with Gasteiger partial charge in [-0.05, 0) is 39.8 Å². The monoisotopic (exact) mass is 511 g/mol. The van der Waals surface area contributed by atoms with Gasteiger partial charge in [0.1, 0.15) is 20.5 Å². The molecule has 0 fully saturated rings. The first-order valence-corrected chi connectivity index (χ1v) is 12.2. The van der Waals surface area contributed by atoms with E-state index in [2.05, 4.69) is 15.2 Å². The van der Waals surface area contributed by atoms with Gasteiger partial charge in [-0.1, -0.05) is 16.8 Å². The lowest BCUT2D eigenvalue weighted by atomic mass is 10.0. The highest BCUT2D eigenvalue weighted by Gasteiger charge is 2.30. The number of carbonyl (C=O) groups is 2. The number of anilines is 2. The molecule has 13 heteroatoms. The van der Waals surface area contributed by atoms with E-state index >= 15 is 0 Å². The molecule has 0 aliphatic carbocycles. The summed E-state index contributed by atoms with van der Waals surface area (Å²) in [6, 6.07) is 2.85. The van der Waals surface area contributed by atoms with Gasteiger partial charge in [-0.25, -0.2) is 13.1 Å². The Morgan fingerprint density at radius 2 is 1.91 bits per heavy atom. The first-order valence-electron chi connectivity index (χ1n) is 9.50. The maximum absolute atomic E-state index is 13.2. The van der Waals surface area contributed by atoms with E-state index in [1.807, 2.05) is 0 Å². The molecule has 0 radical (unpaired) electrons. The molecule has 174 valence electrons. The van der Waals surface area contributed by atoms with Crippen molar-refractivity contribution in [2.45, 2.75) is 32.6 Å². The molecule has 1 aliphatic heterocycles. The number of ketones is 1. The SMILES string of the molecule is CC(=O)c1cc2c(c(C)c1NC(=O)c1sc(C)cc1S(=O)(=O)Nc1onc(C)c1Cl)OCO2. The second-order valence-electron chi connectivity index (χ2n) is 7.24. The molecule has 0 atom stereocenters. The summed E-state index contributed by atoms with van der Waals surface area (Å²) in [5.41, 5.74) is 1.23. The molecule has 1 amide bonds. The van der Waals surface area contributed by atoms with Crippen molar-refractivity contribution in [2.24, 2.45) is 0 Å². The average Bonchev–Trinajstić information content (AvgIpc) is 3.45. The molecule has 0 spiro atoms. The Morgan fingerprint density at radius 3 is 2.55 bits per heavy atom. The number of aryl methyl sites for hydroxylation is 2. The first kappa shape index (κ1) is 23.1. The van der Waals surface area contributed by atoms with Crippen molar-refractivity contribution in [1.82, 2.24) is 5.16 Å². The zero-order valence-corrected chi connectivity index (χ0v) is 20.3. The van der Waals surface area contributed by atoms with Crippen molar-refractivity contribution >= 4 is 56.2 Å². The van der Waals surface area contributed by atoms with E-state index in [9.17, 15) is 18.0 Å². The molecule has 33 heavy (non-hydrogen) atoms. The number of amides is 1. The number of nitrogens with one attached hydrogen (secondary N) is 2. The van der Waals surface area contributed by atoms with Gasteiger partial charge in [0.15, 0.2) is 17.3 Å². The number of rotatable bonds is 6. The van der Waals surface area contributed by atoms with E-state index in [1.54, 1.807) is 20.8 Å². The Morgan fingerprint density at radius 1 is 1.18 bits per heavy atom. The standard InChI is InChI=1S/C20H18ClN3O7S2/c1-8-5-14(33(27,28)24-20-15(21)10(3)23-31-20)18(32-8)19(26)22-16-9(2)17-13(29-7-30-17)6-12(16)11(4)25/h5-6,24H,7H2,1-4H3,(H,22,26). The van der Waals surface area contributed by atoms with Crippen LogP contribution in [0.5, 0.6) is 11.5 Å². The summed E-state index contributed by atoms with van der Waals surface area (Å²) in [5.74, 6) is -0.469. The molecule has 10 nitrogen and oxygen atoms in total. The zero-order valence-electron chi connectivity index (χ0n) is 17.9. The van der Waals surface area contributed by atoms with Crippen LogP contribution in [0.2, 0.25) is 5.02 Å². The van der Waals surface area contributed by atoms with Gasteiger partial charge < -0.3 is 19.3 Å². The Hall–Kier alpha value is -3.09. The van der Waals surface area contributed by atoms with Gasteiger partial charge >= 0.3 is 0 Å². The van der Waals surface area contributed by atoms with E-state index in [0.717, 1.165) is 11.3 Å². The van der Waals surface area contributed by atoms with Crippen LogP contribution in [0.4, 0.5) is 11.6 Å². The number of benzene rings is 1. The highest BCUT2D eigenvalue weighted by atomic mass is 35.5. The first-order chi connectivity index (χ1) is 15.5. The number of sulfonamides is 1. The van der Waals surface area contributed by atoms with Crippen molar-refractivity contribution in [3.8, 4) is 11.5 Å². The normalized spacial score (nSPS) is 12.6. The molecular weight excluding hydrogens is 494 g/mol. The number of ether oxygens (including phenoxy) is 2. The van der Waals surface area contributed by atoms with Crippen LogP contribution in [0.1, 0.15) is 43.1 Å². The van der Waals surface area contributed by atoms with Crippen LogP contribution >= 0.6 is 22.9 Å². The van der Waals surface area contributed by atoms with Crippen LogP contribution < -0.4 is 19.5 Å². The number of hydrogen-bond acceptors (Lipinski definition) is 9. The summed E-state index contributed by atoms with van der Waals surface area (Å²) in [5, 5.41) is 6.30. The Labute approximate surface area is 197 Å². The fourth-order valence-electron chi connectivity index (χ4n) is 3.26. The summed E-state index contributed by atoms with van der Waals surface area (Å²) in [6.07, 6.45) is 0. The van der Waals surface area contributed by atoms with Crippen molar-refractivity contribution in [3.63, 3.8) is 0 Å². The van der Waals surface area contributed by atoms with Gasteiger partial charge in [0.05, 0.1) is 5.69 Å². The van der Waals surface area contributed by atoms with E-state index in [1.165, 1.54) is 19.1 Å². The van der Waals surface area contributed by atoms with E-state index in [0.29, 0.717) is 27.6 Å². The molecule has 1 aliphatic rings. The zero-order chi connectivity index (χ0) is 24.1. The molecule has 3 heterocycles. The van der Waals surface area contributed by atoms with Gasteiger partial charge in [0, 0.05) is 16.0 Å². The third-order valence-electron chi connectivity index (χ3n) is 4.85. The minimum absolute atomic E-state index is 0.00717. The highest BCUT2D eigenvalue weighted by Crippen LogP contribution is 2.42. The Bertz CT molecular complexity index is 1410. The third kappa shape index (κ3) is 4.16. The molecule has 3 aromatic rings. The number of carbonyl (C=O) groups excluding carboxylic acids is 2. The number of halogens is 1. The van der Waals surface area contributed by atoms with Crippen LogP contribution in [0.25, 0.3) is 0 Å². The summed E-state index contributed by atoms with van der Waals surface area (Å²) in [7, 11) is -4.25. The van der Waals surface area contributed by atoms with Crippen LogP contribution in [-0.2, 0) is 10.0 Å². The summed E-state index contributed by atoms with van der Waals surface area (Å²) in [6.45, 7) is 6.23. The summed E-state index contributed by atoms with van der Waals surface area (Å²) < 4.78 is 44.0. The van der Waals surface area contributed by atoms with Crippen LogP contribution in [0.15, 0.2) is 21.6 Å². The maximum Gasteiger partial charge on any atom is 0.267 e. The lowest BCUT2D eigenvalue weighted by Crippen LogP contribution is -2.19. The van der Waals surface area contributed by atoms with Crippen LogP contribution in [-0.4, -0.2) is 32.1 Å². The number of aromatic nitrogens is 1. The minimum atomic E-state index is -4.25. The quantitative estimate of drug-likeness (QED) is 0.467. The fourth-order valence-corrected chi connectivity index (χ4v) is 5.93. The topological polar surface area (TPSA) is 137 Å². The molecule has 4 rings (SSSR count). The predicted octanol–water partition coefficient (Wildman–Crippen LogP) is 4.30. The van der Waals surface area contributed by atoms with E-state index in [4.69, 9.17) is 25.6 Å². The summed E-state index contributed by atoms with van der Waals surface area (Å²) >= 11 is 7.00. The number of Topliss-reactive ketones (excluding diaryl/α,β-unsaturated/α-hetero) is 1. The molecule has 0 unspecified atom stereocenters. The Balaban J connectivity index is 1.72. The van der Waals surface area contributed by atoms with E-state index < -0.39 is 15.9 Å². The smallest absolute Gasteiger partial charge is 0.267 e. The third-order valence-corrected chi connectivity index (χ3v) is 7.83. The number of thiophene rings is 1. The second kappa shape index (κ2) is 8.36. The molecule has 1 aromatic carbocycles. The average molecular weight is 512 g/mol. The van der Waals surface area contributed by atoms with Gasteiger partial charge in [-0.15, -0.1) is 11.3 Å². The van der Waals surface area contributed by atoms with E-state index in [-0.39, 0.29) is 44.5 Å². The molecule has 0 saturated carbocycles. The lowest BCUT2D eigenvalue weighted by molar-refractivity contribution is 0.101. The minimum Gasteiger partial charge on any atom is -0.454 e. The Kier molecular flexibility index (Phi) is 5.85. The van der Waals surface area contributed by atoms with Gasteiger partial charge in [0.2, 0.25) is 6.79 Å². The van der Waals surface area contributed by atoms with Gasteiger partial charge in [0.25, 0.3) is 21.8 Å². The lowest BCUT2D eigenvalue weighted by Gasteiger charge is -2.14. The highest BCUT2D eigenvalue weighted by molar-refractivity contribution is 7.93. The molecule has 2 N–H and O–H groups in total. The number of nitrogens with zero attached hydrogens (tertiary/aromatic N) is 1. The molecule has 0 saturated heterocycles. The largest absolute Gasteiger partial charge is 0.454 e. The number of hydrogen-bond donors (Lipinski definition) is 2. The van der Waals surface area contributed by atoms with Crippen molar-refractivity contribution in [1.29, 1.82) is 0 Å². The molecular formula is C20H18ClN3O7S2. The number of fused-ring (bicyclic) bond motifs is 1. The van der Waals surface area contributed by atoms with Gasteiger partial charge in [-0.2, -0.15) is 0 Å². The van der Waals surface area contributed by atoms with Crippen LogP contribution in [0.3, 0.4) is 0 Å². The van der Waals surface area contributed by atoms with Crippen molar-refractivity contribution < 1.29 is 32.0 Å². The van der Waals surface area contributed by atoms with Crippen molar-refractivity contribution in [2.75, 3.05) is 16.8 Å².